The number of thiazole rings is 1. The molecule has 8 nitrogen and oxygen atoms in total. The number of rotatable bonds is 6. The van der Waals surface area contributed by atoms with Crippen LogP contribution in [0.5, 0.6) is 0 Å². The topological polar surface area (TPSA) is 98.3 Å². The number of halogens is 2. The van der Waals surface area contributed by atoms with Crippen LogP contribution in [-0.2, 0) is 11.3 Å². The van der Waals surface area contributed by atoms with Crippen LogP contribution in [0.15, 0.2) is 30.6 Å². The quantitative estimate of drug-likeness (QED) is 0.619. The molecule has 3 aromatic rings. The van der Waals surface area contributed by atoms with Gasteiger partial charge in [0, 0.05) is 25.8 Å². The molecule has 0 saturated carbocycles. The van der Waals surface area contributed by atoms with Crippen molar-refractivity contribution >= 4 is 27.9 Å². The SMILES string of the molecule is Nc1sc(-c2c(F)cccc2F)nc1C(=O)Nc1cnn(CCN2CCOCC2)c1. The molecule has 0 unspecified atom stereocenters. The van der Waals surface area contributed by atoms with Crippen molar-refractivity contribution in [1.29, 1.82) is 0 Å². The highest BCUT2D eigenvalue weighted by Crippen LogP contribution is 2.33. The molecule has 1 aromatic carbocycles. The van der Waals surface area contributed by atoms with Crippen LogP contribution in [-0.4, -0.2) is 58.4 Å². The van der Waals surface area contributed by atoms with Crippen LogP contribution in [0.4, 0.5) is 19.5 Å². The maximum absolute atomic E-state index is 14.0. The van der Waals surface area contributed by atoms with Crippen molar-refractivity contribution in [1.82, 2.24) is 19.7 Å². The maximum Gasteiger partial charge on any atom is 0.277 e. The van der Waals surface area contributed by atoms with Gasteiger partial charge < -0.3 is 15.8 Å². The number of amides is 1. The van der Waals surface area contributed by atoms with E-state index >= 15 is 0 Å². The highest BCUT2D eigenvalue weighted by Gasteiger charge is 2.21. The lowest BCUT2D eigenvalue weighted by molar-refractivity contribution is 0.0360. The molecule has 11 heteroatoms. The minimum atomic E-state index is -0.766. The van der Waals surface area contributed by atoms with E-state index < -0.39 is 17.5 Å². The van der Waals surface area contributed by atoms with Gasteiger partial charge >= 0.3 is 0 Å². The van der Waals surface area contributed by atoms with E-state index in [0.29, 0.717) is 12.2 Å². The molecule has 0 bridgehead atoms. The van der Waals surface area contributed by atoms with Crippen molar-refractivity contribution < 1.29 is 18.3 Å². The second-order valence-corrected chi connectivity index (χ2v) is 7.76. The third kappa shape index (κ3) is 4.48. The predicted octanol–water partition coefficient (Wildman–Crippen LogP) is 2.45. The third-order valence-electron chi connectivity index (χ3n) is 4.69. The Labute approximate surface area is 175 Å². The summed E-state index contributed by atoms with van der Waals surface area (Å²) in [6.45, 7) is 4.74. The number of anilines is 2. The molecule has 0 aliphatic carbocycles. The fourth-order valence-electron chi connectivity index (χ4n) is 3.11. The zero-order chi connectivity index (χ0) is 21.1. The molecule has 1 amide bonds. The number of carbonyl (C=O) groups excluding carboxylic acids is 1. The molecule has 0 spiro atoms. The van der Waals surface area contributed by atoms with Crippen molar-refractivity contribution in [2.24, 2.45) is 0 Å². The van der Waals surface area contributed by atoms with Crippen molar-refractivity contribution in [3.63, 3.8) is 0 Å². The standard InChI is InChI=1S/C19H20F2N6O2S/c20-13-2-1-3-14(21)15(13)19-25-16(17(22)30-19)18(28)24-12-10-23-27(11-12)5-4-26-6-8-29-9-7-26/h1-3,10-11H,4-9,22H2,(H,24,28). The summed E-state index contributed by atoms with van der Waals surface area (Å²) in [6.07, 6.45) is 3.23. The number of nitrogens with two attached hydrogens (primary N) is 1. The smallest absolute Gasteiger partial charge is 0.277 e. The van der Waals surface area contributed by atoms with Gasteiger partial charge in [0.2, 0.25) is 0 Å². The second kappa shape index (κ2) is 8.86. The maximum atomic E-state index is 14.0. The zero-order valence-corrected chi connectivity index (χ0v) is 16.8. The average molecular weight is 434 g/mol. The van der Waals surface area contributed by atoms with Crippen molar-refractivity contribution in [2.75, 3.05) is 43.9 Å². The van der Waals surface area contributed by atoms with E-state index in [-0.39, 0.29) is 21.3 Å². The monoisotopic (exact) mass is 434 g/mol. The highest BCUT2D eigenvalue weighted by molar-refractivity contribution is 7.19. The molecule has 3 N–H and O–H groups in total. The summed E-state index contributed by atoms with van der Waals surface area (Å²) in [5, 5.41) is 7.00. The average Bonchev–Trinajstić information content (AvgIpc) is 3.33. The fraction of sp³-hybridized carbons (Fsp3) is 0.316. The molecule has 1 fully saturated rings. The number of nitrogen functional groups attached to an aromatic ring is 1. The summed E-state index contributed by atoms with van der Waals surface area (Å²) in [7, 11) is 0. The lowest BCUT2D eigenvalue weighted by Gasteiger charge is -2.26. The van der Waals surface area contributed by atoms with Crippen LogP contribution in [0.1, 0.15) is 10.5 Å². The number of nitrogens with zero attached hydrogens (tertiary/aromatic N) is 4. The number of hydrogen-bond donors (Lipinski definition) is 2. The van der Waals surface area contributed by atoms with Gasteiger partial charge in [-0.15, -0.1) is 0 Å². The minimum Gasteiger partial charge on any atom is -0.389 e. The Morgan fingerprint density at radius 2 is 1.97 bits per heavy atom. The highest BCUT2D eigenvalue weighted by atomic mass is 32.1. The van der Waals surface area contributed by atoms with Gasteiger partial charge in [0.25, 0.3) is 5.91 Å². The number of benzene rings is 1. The summed E-state index contributed by atoms with van der Waals surface area (Å²) < 4.78 is 35.1. The Morgan fingerprint density at radius 1 is 1.23 bits per heavy atom. The van der Waals surface area contributed by atoms with Crippen LogP contribution in [0, 0.1) is 11.6 Å². The Balaban J connectivity index is 1.42. The van der Waals surface area contributed by atoms with Gasteiger partial charge in [-0.3, -0.25) is 14.4 Å². The first kappa shape index (κ1) is 20.4. The van der Waals surface area contributed by atoms with E-state index in [0.717, 1.165) is 56.3 Å². The van der Waals surface area contributed by atoms with Crippen LogP contribution in [0.25, 0.3) is 10.6 Å². The molecular formula is C19H20F2N6O2S. The van der Waals surface area contributed by atoms with Crippen LogP contribution in [0.3, 0.4) is 0 Å². The molecule has 1 saturated heterocycles. The second-order valence-electron chi connectivity index (χ2n) is 6.73. The molecule has 1 aliphatic heterocycles. The largest absolute Gasteiger partial charge is 0.389 e. The van der Waals surface area contributed by atoms with Crippen LogP contribution in [0.2, 0.25) is 0 Å². The normalized spacial score (nSPS) is 14.7. The predicted molar refractivity (Wildman–Crippen MR) is 109 cm³/mol. The number of aromatic nitrogens is 3. The molecule has 0 radical (unpaired) electrons. The van der Waals surface area contributed by atoms with E-state index in [1.165, 1.54) is 12.3 Å². The molecule has 30 heavy (non-hydrogen) atoms. The summed E-state index contributed by atoms with van der Waals surface area (Å²) in [5.74, 6) is -2.10. The summed E-state index contributed by atoms with van der Waals surface area (Å²) in [6, 6.07) is 3.51. The molecule has 0 atom stereocenters. The Kier molecular flexibility index (Phi) is 6.02. The summed E-state index contributed by atoms with van der Waals surface area (Å²) in [4.78, 5) is 18.9. The summed E-state index contributed by atoms with van der Waals surface area (Å²) >= 11 is 0.853. The molecule has 158 valence electrons. The van der Waals surface area contributed by atoms with E-state index in [1.807, 2.05) is 0 Å². The van der Waals surface area contributed by atoms with Gasteiger partial charge in [0.05, 0.1) is 37.2 Å². The molecule has 1 aliphatic rings. The van der Waals surface area contributed by atoms with Gasteiger partial charge in [-0.1, -0.05) is 17.4 Å². The Hall–Kier alpha value is -2.89. The van der Waals surface area contributed by atoms with Crippen LogP contribution >= 0.6 is 11.3 Å². The van der Waals surface area contributed by atoms with Gasteiger partial charge in [0.1, 0.15) is 21.6 Å². The molecule has 4 rings (SSSR count). The Morgan fingerprint density at radius 3 is 2.70 bits per heavy atom. The van der Waals surface area contributed by atoms with Crippen molar-refractivity contribution in [2.45, 2.75) is 6.54 Å². The minimum absolute atomic E-state index is 0.00876. The van der Waals surface area contributed by atoms with Crippen molar-refractivity contribution in [3.05, 3.63) is 47.9 Å². The molecule has 3 heterocycles. The lowest BCUT2D eigenvalue weighted by atomic mass is 10.2. The first-order chi connectivity index (χ1) is 14.5. The van der Waals surface area contributed by atoms with Crippen molar-refractivity contribution in [3.8, 4) is 10.6 Å². The first-order valence-corrected chi connectivity index (χ1v) is 10.2. The first-order valence-electron chi connectivity index (χ1n) is 9.36. The molecular weight excluding hydrogens is 414 g/mol. The van der Waals surface area contributed by atoms with Crippen LogP contribution < -0.4 is 11.1 Å². The zero-order valence-electron chi connectivity index (χ0n) is 16.0. The number of hydrogen-bond acceptors (Lipinski definition) is 7. The number of nitrogens with one attached hydrogen (secondary N) is 1. The van der Waals surface area contributed by atoms with Gasteiger partial charge in [-0.05, 0) is 12.1 Å². The van der Waals surface area contributed by atoms with Gasteiger partial charge in [0.15, 0.2) is 5.69 Å². The number of carbonyl (C=O) groups is 1. The van der Waals surface area contributed by atoms with E-state index in [2.05, 4.69) is 20.3 Å². The third-order valence-corrected chi connectivity index (χ3v) is 5.59. The van der Waals surface area contributed by atoms with Gasteiger partial charge in [-0.2, -0.15) is 5.10 Å². The number of ether oxygens (including phenoxy) is 1. The summed E-state index contributed by atoms with van der Waals surface area (Å²) in [5.41, 5.74) is 5.98. The molecule has 2 aromatic heterocycles. The van der Waals surface area contributed by atoms with E-state index in [1.54, 1.807) is 10.9 Å². The van der Waals surface area contributed by atoms with E-state index in [9.17, 15) is 13.6 Å². The van der Waals surface area contributed by atoms with Gasteiger partial charge in [-0.25, -0.2) is 13.8 Å². The Bertz CT molecular complexity index is 1030. The lowest BCUT2D eigenvalue weighted by Crippen LogP contribution is -2.38. The number of morpholine rings is 1. The fourth-order valence-corrected chi connectivity index (χ4v) is 3.99. The van der Waals surface area contributed by atoms with E-state index in [4.69, 9.17) is 10.5 Å².